The molecule has 1 saturated heterocycles. The van der Waals surface area contributed by atoms with Crippen LogP contribution in [0.3, 0.4) is 0 Å². The number of aryl methyl sites for hydroxylation is 1. The highest BCUT2D eigenvalue weighted by Crippen LogP contribution is 2.02. The molecule has 0 bridgehead atoms. The molecular formula is C8H12N4O3. The van der Waals surface area contributed by atoms with Gasteiger partial charge in [-0.15, -0.1) is 5.10 Å². The lowest BCUT2D eigenvalue weighted by Gasteiger charge is -2.26. The number of ether oxygens (including phenoxy) is 1. The van der Waals surface area contributed by atoms with Crippen LogP contribution >= 0.6 is 0 Å². The molecule has 1 fully saturated rings. The van der Waals surface area contributed by atoms with E-state index in [1.807, 2.05) is 0 Å². The first-order valence-corrected chi connectivity index (χ1v) is 4.61. The Labute approximate surface area is 85.3 Å². The molecule has 0 aliphatic carbocycles. The maximum atomic E-state index is 11.6. The SMILES string of the molecule is Cn1nc(OC2CNC2)c(=O)n(C)c1=O. The number of aromatic nitrogens is 3. The van der Waals surface area contributed by atoms with Crippen molar-refractivity contribution in [1.82, 2.24) is 19.7 Å². The monoisotopic (exact) mass is 212 g/mol. The third kappa shape index (κ3) is 1.65. The zero-order valence-corrected chi connectivity index (χ0v) is 8.56. The van der Waals surface area contributed by atoms with Crippen LogP contribution in [0.5, 0.6) is 5.88 Å². The van der Waals surface area contributed by atoms with E-state index in [1.54, 1.807) is 0 Å². The molecule has 0 spiro atoms. The van der Waals surface area contributed by atoms with Gasteiger partial charge in [-0.2, -0.15) is 0 Å². The van der Waals surface area contributed by atoms with Crippen LogP contribution in [-0.2, 0) is 14.1 Å². The smallest absolute Gasteiger partial charge is 0.347 e. The standard InChI is InChI=1S/C8H12N4O3/c1-11-7(13)6(10-12(2)8(11)14)15-5-3-9-4-5/h5,9H,3-4H2,1-2H3. The summed E-state index contributed by atoms with van der Waals surface area (Å²) in [4.78, 5) is 22.9. The normalized spacial score (nSPS) is 16.1. The lowest BCUT2D eigenvalue weighted by molar-refractivity contribution is 0.129. The second-order valence-corrected chi connectivity index (χ2v) is 3.47. The Morgan fingerprint density at radius 1 is 1.40 bits per heavy atom. The molecule has 0 aromatic carbocycles. The van der Waals surface area contributed by atoms with E-state index in [0.29, 0.717) is 13.1 Å². The molecule has 2 heterocycles. The first kappa shape index (κ1) is 9.91. The minimum atomic E-state index is -0.495. The molecular weight excluding hydrogens is 200 g/mol. The molecule has 2 rings (SSSR count). The highest BCUT2D eigenvalue weighted by atomic mass is 16.5. The van der Waals surface area contributed by atoms with Gasteiger partial charge in [0.2, 0.25) is 0 Å². The van der Waals surface area contributed by atoms with E-state index >= 15 is 0 Å². The van der Waals surface area contributed by atoms with Crippen LogP contribution in [0, 0.1) is 0 Å². The predicted molar refractivity (Wildman–Crippen MR) is 52.0 cm³/mol. The van der Waals surface area contributed by atoms with Crippen molar-refractivity contribution in [2.45, 2.75) is 6.10 Å². The van der Waals surface area contributed by atoms with Crippen LogP contribution in [0.1, 0.15) is 0 Å². The quantitative estimate of drug-likeness (QED) is 0.603. The molecule has 0 amide bonds. The van der Waals surface area contributed by atoms with Crippen LogP contribution in [0.25, 0.3) is 0 Å². The number of nitrogens with zero attached hydrogens (tertiary/aromatic N) is 3. The van der Waals surface area contributed by atoms with E-state index in [4.69, 9.17) is 4.74 Å². The molecule has 0 radical (unpaired) electrons. The highest BCUT2D eigenvalue weighted by Gasteiger charge is 2.21. The van der Waals surface area contributed by atoms with E-state index < -0.39 is 11.2 Å². The van der Waals surface area contributed by atoms with Crippen LogP contribution < -0.4 is 21.3 Å². The third-order valence-corrected chi connectivity index (χ3v) is 2.31. The van der Waals surface area contributed by atoms with Crippen molar-refractivity contribution >= 4 is 0 Å². The summed E-state index contributed by atoms with van der Waals surface area (Å²) in [5, 5.41) is 6.79. The largest absolute Gasteiger partial charge is 0.467 e. The first-order chi connectivity index (χ1) is 7.09. The summed E-state index contributed by atoms with van der Waals surface area (Å²) in [6.45, 7) is 1.40. The Balaban J connectivity index is 2.38. The van der Waals surface area contributed by atoms with Crippen LogP contribution in [0.15, 0.2) is 9.59 Å². The molecule has 1 aromatic rings. The zero-order valence-electron chi connectivity index (χ0n) is 8.56. The second-order valence-electron chi connectivity index (χ2n) is 3.47. The lowest BCUT2D eigenvalue weighted by Crippen LogP contribution is -2.52. The summed E-state index contributed by atoms with van der Waals surface area (Å²) >= 11 is 0. The highest BCUT2D eigenvalue weighted by molar-refractivity contribution is 5.03. The molecule has 1 aliphatic heterocycles. The van der Waals surface area contributed by atoms with Crippen molar-refractivity contribution in [3.8, 4) is 5.88 Å². The Kier molecular flexibility index (Phi) is 2.31. The average molecular weight is 212 g/mol. The average Bonchev–Trinajstić information content (AvgIpc) is 2.15. The zero-order chi connectivity index (χ0) is 11.0. The fourth-order valence-corrected chi connectivity index (χ4v) is 1.25. The number of hydrogen-bond donors (Lipinski definition) is 1. The Morgan fingerprint density at radius 2 is 2.07 bits per heavy atom. The van der Waals surface area contributed by atoms with Gasteiger partial charge in [0, 0.05) is 27.2 Å². The van der Waals surface area contributed by atoms with E-state index in [0.717, 1.165) is 9.25 Å². The number of nitrogens with one attached hydrogen (secondary N) is 1. The van der Waals surface area contributed by atoms with Gasteiger partial charge in [0.05, 0.1) is 0 Å². The van der Waals surface area contributed by atoms with Crippen molar-refractivity contribution < 1.29 is 4.74 Å². The van der Waals surface area contributed by atoms with Crippen molar-refractivity contribution in [1.29, 1.82) is 0 Å². The van der Waals surface area contributed by atoms with E-state index in [-0.39, 0.29) is 12.0 Å². The number of rotatable bonds is 2. The summed E-state index contributed by atoms with van der Waals surface area (Å²) < 4.78 is 7.40. The molecule has 0 saturated carbocycles. The molecule has 82 valence electrons. The fourth-order valence-electron chi connectivity index (χ4n) is 1.25. The van der Waals surface area contributed by atoms with Gasteiger partial charge in [0.25, 0.3) is 5.88 Å². The predicted octanol–water partition coefficient (Wildman–Crippen LogP) is -2.17. The minimum absolute atomic E-state index is 0.0221. The molecule has 1 aliphatic rings. The minimum Gasteiger partial charge on any atom is -0.467 e. The molecule has 7 nitrogen and oxygen atoms in total. The van der Waals surface area contributed by atoms with Gasteiger partial charge in [0.1, 0.15) is 6.10 Å². The van der Waals surface area contributed by atoms with Crippen LogP contribution in [-0.4, -0.2) is 33.5 Å². The Hall–Kier alpha value is -1.63. The third-order valence-electron chi connectivity index (χ3n) is 2.31. The number of hydrogen-bond acceptors (Lipinski definition) is 5. The maximum Gasteiger partial charge on any atom is 0.347 e. The molecule has 0 atom stereocenters. The molecule has 0 unspecified atom stereocenters. The van der Waals surface area contributed by atoms with Gasteiger partial charge in [-0.25, -0.2) is 9.48 Å². The van der Waals surface area contributed by atoms with Gasteiger partial charge in [0.15, 0.2) is 0 Å². The molecule has 1 aromatic heterocycles. The summed E-state index contributed by atoms with van der Waals surface area (Å²) in [5.41, 5.74) is -0.955. The van der Waals surface area contributed by atoms with E-state index in [9.17, 15) is 9.59 Å². The summed E-state index contributed by atoms with van der Waals surface area (Å²) in [7, 11) is 2.88. The topological polar surface area (TPSA) is 78.2 Å². The van der Waals surface area contributed by atoms with Crippen molar-refractivity contribution in [2.75, 3.05) is 13.1 Å². The van der Waals surface area contributed by atoms with Crippen LogP contribution in [0.2, 0.25) is 0 Å². The summed E-state index contributed by atoms with van der Waals surface area (Å²) in [5.74, 6) is -0.0221. The first-order valence-electron chi connectivity index (χ1n) is 4.61. The van der Waals surface area contributed by atoms with Crippen LogP contribution in [0.4, 0.5) is 0 Å². The van der Waals surface area contributed by atoms with Gasteiger partial charge in [-0.05, 0) is 0 Å². The van der Waals surface area contributed by atoms with E-state index in [1.165, 1.54) is 14.1 Å². The molecule has 7 heteroatoms. The van der Waals surface area contributed by atoms with Crippen molar-refractivity contribution in [3.63, 3.8) is 0 Å². The van der Waals surface area contributed by atoms with Gasteiger partial charge in [-0.1, -0.05) is 0 Å². The lowest BCUT2D eigenvalue weighted by atomic mass is 10.2. The van der Waals surface area contributed by atoms with Crippen molar-refractivity contribution in [3.05, 3.63) is 20.8 Å². The molecule has 1 N–H and O–H groups in total. The van der Waals surface area contributed by atoms with Gasteiger partial charge in [-0.3, -0.25) is 9.36 Å². The molecule has 15 heavy (non-hydrogen) atoms. The van der Waals surface area contributed by atoms with Crippen molar-refractivity contribution in [2.24, 2.45) is 14.1 Å². The van der Waals surface area contributed by atoms with Gasteiger partial charge < -0.3 is 10.1 Å². The van der Waals surface area contributed by atoms with E-state index in [2.05, 4.69) is 10.4 Å². The summed E-state index contributed by atoms with van der Waals surface area (Å²) in [6, 6.07) is 0. The Morgan fingerprint density at radius 3 is 2.60 bits per heavy atom. The summed E-state index contributed by atoms with van der Waals surface area (Å²) in [6.07, 6.45) is -0.0253. The fraction of sp³-hybridized carbons (Fsp3) is 0.625. The Bertz CT molecular complexity index is 486. The second kappa shape index (κ2) is 3.50. The maximum absolute atomic E-state index is 11.6. The van der Waals surface area contributed by atoms with Gasteiger partial charge >= 0.3 is 11.2 Å².